The quantitative estimate of drug-likeness (QED) is 0.359. The minimum absolute atomic E-state index is 0.0300. The molecule has 0 aliphatic carbocycles. The van der Waals surface area contributed by atoms with Gasteiger partial charge in [0.2, 0.25) is 16.8 Å². The fourth-order valence-electron chi connectivity index (χ4n) is 3.25. The maximum Gasteiger partial charge on any atom is 0.289 e. The fraction of sp³-hybridized carbons (Fsp3) is 0.190. The number of hydrogen-bond acceptors (Lipinski definition) is 7. The summed E-state index contributed by atoms with van der Waals surface area (Å²) in [5.41, 5.74) is 0.934. The van der Waals surface area contributed by atoms with Gasteiger partial charge in [-0.15, -0.1) is 0 Å². The second-order valence-electron chi connectivity index (χ2n) is 6.97. The molecule has 0 fully saturated rings. The summed E-state index contributed by atoms with van der Waals surface area (Å²) in [6.07, 6.45) is 1.99. The van der Waals surface area contributed by atoms with Crippen LogP contribution in [0.4, 0.5) is 5.69 Å². The monoisotopic (exact) mass is 475 g/mol. The van der Waals surface area contributed by atoms with Gasteiger partial charge in [-0.1, -0.05) is 23.7 Å². The SMILES string of the molecule is O=[N+]([O-])c1cc(S(=O)(=O)N(CCc2ccccn2)Cc2ccc3c(c2)OCO3)ccc1Cl. The molecule has 0 amide bonds. The van der Waals surface area contributed by atoms with Crippen molar-refractivity contribution >= 4 is 27.3 Å². The highest BCUT2D eigenvalue weighted by Crippen LogP contribution is 2.34. The number of rotatable bonds is 8. The molecule has 32 heavy (non-hydrogen) atoms. The second kappa shape index (κ2) is 9.11. The lowest BCUT2D eigenvalue weighted by atomic mass is 10.2. The van der Waals surface area contributed by atoms with Crippen LogP contribution in [0.25, 0.3) is 0 Å². The largest absolute Gasteiger partial charge is 0.454 e. The van der Waals surface area contributed by atoms with Gasteiger partial charge in [-0.2, -0.15) is 4.31 Å². The van der Waals surface area contributed by atoms with E-state index in [-0.39, 0.29) is 29.8 Å². The van der Waals surface area contributed by atoms with Crippen LogP contribution in [0, 0.1) is 10.1 Å². The third-order valence-electron chi connectivity index (χ3n) is 4.89. The van der Waals surface area contributed by atoms with Crippen LogP contribution in [0.2, 0.25) is 5.02 Å². The normalized spacial score (nSPS) is 12.8. The minimum Gasteiger partial charge on any atom is -0.454 e. The van der Waals surface area contributed by atoms with Gasteiger partial charge in [0.1, 0.15) is 5.02 Å². The summed E-state index contributed by atoms with van der Waals surface area (Å²) in [6.45, 7) is 0.251. The number of fused-ring (bicyclic) bond motifs is 1. The molecule has 1 aliphatic rings. The number of nitrogens with zero attached hydrogens (tertiary/aromatic N) is 3. The van der Waals surface area contributed by atoms with E-state index in [1.54, 1.807) is 36.5 Å². The van der Waals surface area contributed by atoms with Crippen molar-refractivity contribution in [1.29, 1.82) is 0 Å². The Hall–Kier alpha value is -3.21. The number of ether oxygens (including phenoxy) is 2. The molecule has 0 spiro atoms. The summed E-state index contributed by atoms with van der Waals surface area (Å²) in [4.78, 5) is 14.6. The van der Waals surface area contributed by atoms with Crippen molar-refractivity contribution in [2.75, 3.05) is 13.3 Å². The lowest BCUT2D eigenvalue weighted by Gasteiger charge is -2.22. The molecule has 1 aromatic heterocycles. The lowest BCUT2D eigenvalue weighted by Crippen LogP contribution is -2.32. The molecule has 0 bridgehead atoms. The number of nitro benzene ring substituents is 1. The highest BCUT2D eigenvalue weighted by Gasteiger charge is 2.28. The number of pyridine rings is 1. The molecule has 1 aliphatic heterocycles. The Bertz CT molecular complexity index is 1250. The Balaban J connectivity index is 1.67. The molecule has 11 heteroatoms. The van der Waals surface area contributed by atoms with E-state index in [0.29, 0.717) is 23.5 Å². The standard InChI is InChI=1S/C21H18ClN3O6S/c22-18-6-5-17(12-19(18)25(26)27)32(28,29)24(10-8-16-3-1-2-9-23-16)13-15-4-7-20-21(11-15)31-14-30-20/h1-7,9,11-12H,8,10,13-14H2. The van der Waals surface area contributed by atoms with Gasteiger partial charge in [0.15, 0.2) is 11.5 Å². The second-order valence-corrected chi connectivity index (χ2v) is 9.31. The van der Waals surface area contributed by atoms with Gasteiger partial charge < -0.3 is 9.47 Å². The molecule has 166 valence electrons. The first-order valence-electron chi connectivity index (χ1n) is 9.57. The molecule has 0 unspecified atom stereocenters. The van der Waals surface area contributed by atoms with Crippen molar-refractivity contribution in [1.82, 2.24) is 9.29 Å². The maximum atomic E-state index is 13.5. The lowest BCUT2D eigenvalue weighted by molar-refractivity contribution is -0.384. The van der Waals surface area contributed by atoms with Crippen molar-refractivity contribution in [2.45, 2.75) is 17.9 Å². The average molecular weight is 476 g/mol. The van der Waals surface area contributed by atoms with E-state index >= 15 is 0 Å². The van der Waals surface area contributed by atoms with Crippen LogP contribution in [0.5, 0.6) is 11.5 Å². The van der Waals surface area contributed by atoms with Crippen LogP contribution in [0.3, 0.4) is 0 Å². The molecule has 0 saturated carbocycles. The number of benzene rings is 2. The number of aromatic nitrogens is 1. The molecular formula is C21H18ClN3O6S. The van der Waals surface area contributed by atoms with Gasteiger partial charge in [0.25, 0.3) is 5.69 Å². The molecule has 0 radical (unpaired) electrons. The summed E-state index contributed by atoms with van der Waals surface area (Å²) in [6, 6.07) is 14.0. The van der Waals surface area contributed by atoms with E-state index in [1.165, 1.54) is 16.4 Å². The van der Waals surface area contributed by atoms with Crippen molar-refractivity contribution in [3.63, 3.8) is 0 Å². The van der Waals surface area contributed by atoms with Gasteiger partial charge in [0, 0.05) is 37.5 Å². The van der Waals surface area contributed by atoms with E-state index in [0.717, 1.165) is 11.8 Å². The molecule has 2 heterocycles. The highest BCUT2D eigenvalue weighted by molar-refractivity contribution is 7.89. The Morgan fingerprint density at radius 3 is 2.66 bits per heavy atom. The van der Waals surface area contributed by atoms with Crippen LogP contribution < -0.4 is 9.47 Å². The van der Waals surface area contributed by atoms with Gasteiger partial charge >= 0.3 is 0 Å². The summed E-state index contributed by atoms with van der Waals surface area (Å²) in [7, 11) is -4.09. The Morgan fingerprint density at radius 1 is 1.09 bits per heavy atom. The molecule has 9 nitrogen and oxygen atoms in total. The highest BCUT2D eigenvalue weighted by atomic mass is 35.5. The zero-order valence-electron chi connectivity index (χ0n) is 16.7. The van der Waals surface area contributed by atoms with Crippen molar-refractivity contribution < 1.29 is 22.8 Å². The van der Waals surface area contributed by atoms with E-state index in [1.807, 2.05) is 6.07 Å². The van der Waals surface area contributed by atoms with Crippen LogP contribution >= 0.6 is 11.6 Å². The van der Waals surface area contributed by atoms with Gasteiger partial charge in [0.05, 0.1) is 9.82 Å². The predicted molar refractivity (Wildman–Crippen MR) is 116 cm³/mol. The Labute approximate surface area is 189 Å². The van der Waals surface area contributed by atoms with Crippen molar-refractivity contribution in [3.8, 4) is 11.5 Å². The molecule has 0 saturated heterocycles. The number of nitro groups is 1. The summed E-state index contributed by atoms with van der Waals surface area (Å²) < 4.78 is 38.9. The average Bonchev–Trinajstić information content (AvgIpc) is 3.25. The van der Waals surface area contributed by atoms with Crippen molar-refractivity contribution in [2.24, 2.45) is 0 Å². The smallest absolute Gasteiger partial charge is 0.289 e. The predicted octanol–water partition coefficient (Wildman–Crippen LogP) is 3.81. The van der Waals surface area contributed by atoms with Gasteiger partial charge in [-0.25, -0.2) is 8.42 Å². The maximum absolute atomic E-state index is 13.5. The van der Waals surface area contributed by atoms with Gasteiger partial charge in [-0.05, 0) is 42.0 Å². The van der Waals surface area contributed by atoms with E-state index in [9.17, 15) is 18.5 Å². The minimum atomic E-state index is -4.09. The Kier molecular flexibility index (Phi) is 6.26. The van der Waals surface area contributed by atoms with Crippen LogP contribution in [0.15, 0.2) is 65.7 Å². The molecule has 0 N–H and O–H groups in total. The number of halogens is 1. The number of sulfonamides is 1. The van der Waals surface area contributed by atoms with E-state index in [2.05, 4.69) is 4.98 Å². The van der Waals surface area contributed by atoms with E-state index in [4.69, 9.17) is 21.1 Å². The zero-order chi connectivity index (χ0) is 22.7. The number of hydrogen-bond donors (Lipinski definition) is 0. The topological polar surface area (TPSA) is 112 Å². The molecule has 0 atom stereocenters. The fourth-order valence-corrected chi connectivity index (χ4v) is 4.89. The first kappa shape index (κ1) is 22.0. The van der Waals surface area contributed by atoms with Crippen molar-refractivity contribution in [3.05, 3.63) is 87.2 Å². The van der Waals surface area contributed by atoms with Crippen LogP contribution in [-0.4, -0.2) is 36.0 Å². The summed E-state index contributed by atoms with van der Waals surface area (Å²) >= 11 is 5.86. The zero-order valence-corrected chi connectivity index (χ0v) is 18.3. The first-order chi connectivity index (χ1) is 15.3. The third kappa shape index (κ3) is 4.67. The summed E-state index contributed by atoms with van der Waals surface area (Å²) in [5.74, 6) is 1.12. The van der Waals surface area contributed by atoms with E-state index < -0.39 is 20.6 Å². The molecule has 2 aromatic carbocycles. The molecule has 3 aromatic rings. The molecule has 4 rings (SSSR count). The summed E-state index contributed by atoms with van der Waals surface area (Å²) in [5, 5.41) is 11.1. The Morgan fingerprint density at radius 2 is 1.91 bits per heavy atom. The van der Waals surface area contributed by atoms with Gasteiger partial charge in [-0.3, -0.25) is 15.1 Å². The van der Waals surface area contributed by atoms with Crippen LogP contribution in [-0.2, 0) is 23.0 Å². The molecular weight excluding hydrogens is 458 g/mol. The third-order valence-corrected chi connectivity index (χ3v) is 7.05. The van der Waals surface area contributed by atoms with Crippen LogP contribution in [0.1, 0.15) is 11.3 Å². The first-order valence-corrected chi connectivity index (χ1v) is 11.4.